The maximum atomic E-state index is 13.4. The Balaban J connectivity index is 1.27. The predicted octanol–water partition coefficient (Wildman–Crippen LogP) is 4.38. The van der Waals surface area contributed by atoms with Crippen molar-refractivity contribution in [2.75, 3.05) is 36.4 Å². The lowest BCUT2D eigenvalue weighted by Crippen LogP contribution is -2.49. The number of amides is 1. The van der Waals surface area contributed by atoms with Gasteiger partial charge in [-0.15, -0.1) is 0 Å². The van der Waals surface area contributed by atoms with Gasteiger partial charge in [-0.05, 0) is 36.4 Å². The van der Waals surface area contributed by atoms with Crippen LogP contribution >= 0.6 is 11.8 Å². The fourth-order valence-electron chi connectivity index (χ4n) is 4.15. The number of halogens is 2. The molecule has 0 saturated carbocycles. The topological polar surface area (TPSA) is 79.2 Å². The molecule has 1 aliphatic rings. The number of piperazine rings is 1. The number of aryl methyl sites for hydroxylation is 1. The molecule has 0 radical (unpaired) electrons. The summed E-state index contributed by atoms with van der Waals surface area (Å²) in [6, 6.07) is 14.0. The molecule has 0 unspecified atom stereocenters. The van der Waals surface area contributed by atoms with Crippen LogP contribution in [-0.2, 0) is 7.05 Å². The number of rotatable bonds is 6. The van der Waals surface area contributed by atoms with E-state index < -0.39 is 5.76 Å². The van der Waals surface area contributed by atoms with Gasteiger partial charge in [-0.3, -0.25) is 9.48 Å². The summed E-state index contributed by atoms with van der Waals surface area (Å²) in [5, 5.41) is 8.42. The number of fused-ring (bicyclic) bond motifs is 1. The number of para-hydroxylation sites is 1. The van der Waals surface area contributed by atoms with Crippen LogP contribution in [0.4, 0.5) is 26.0 Å². The molecule has 8 nitrogen and oxygen atoms in total. The van der Waals surface area contributed by atoms with Crippen LogP contribution < -0.4 is 10.2 Å². The molecule has 180 valence electrons. The number of aromatic nitrogens is 4. The van der Waals surface area contributed by atoms with E-state index in [2.05, 4.69) is 25.3 Å². The number of carbonyl (C=O) groups excluding carboxylic acids is 1. The molecule has 11 heteroatoms. The van der Waals surface area contributed by atoms with Crippen molar-refractivity contribution in [2.45, 2.75) is 10.7 Å². The second kappa shape index (κ2) is 9.87. The molecular formula is C24H23F2N7OS. The highest BCUT2D eigenvalue weighted by Crippen LogP contribution is 2.29. The minimum Gasteiger partial charge on any atom is -0.355 e. The first kappa shape index (κ1) is 23.0. The van der Waals surface area contributed by atoms with Gasteiger partial charge in [0.15, 0.2) is 5.65 Å². The lowest BCUT2D eigenvalue weighted by atomic mass is 10.1. The van der Waals surface area contributed by atoms with Gasteiger partial charge in [-0.1, -0.05) is 23.9 Å². The monoisotopic (exact) mass is 495 g/mol. The number of thioether (sulfide) groups is 1. The largest absolute Gasteiger partial charge is 0.355 e. The molecule has 4 aromatic rings. The summed E-state index contributed by atoms with van der Waals surface area (Å²) in [5.74, 6) is -1.70. The Morgan fingerprint density at radius 1 is 1.03 bits per heavy atom. The average Bonchev–Trinajstić information content (AvgIpc) is 3.26. The predicted molar refractivity (Wildman–Crippen MR) is 132 cm³/mol. The standard InChI is InChI=1S/C24H23F2N7OS/c1-31-21-19(14-29-31)22(28-15-27-21)32-10-12-33(13-11-32)23(34)18-4-2-3-5-20(18)30-16-6-8-17(9-7-16)35-24(25)26/h2-9,14-15,24,30H,10-13H2,1H3. The van der Waals surface area contributed by atoms with Crippen LogP contribution in [-0.4, -0.2) is 62.5 Å². The normalized spacial score (nSPS) is 14.1. The Morgan fingerprint density at radius 3 is 2.51 bits per heavy atom. The second-order valence-corrected chi connectivity index (χ2v) is 9.12. The number of anilines is 3. The molecule has 2 aromatic carbocycles. The van der Waals surface area contributed by atoms with Crippen LogP contribution in [0, 0.1) is 0 Å². The van der Waals surface area contributed by atoms with E-state index in [-0.39, 0.29) is 5.91 Å². The molecule has 0 bridgehead atoms. The van der Waals surface area contributed by atoms with Gasteiger partial charge in [-0.2, -0.15) is 13.9 Å². The summed E-state index contributed by atoms with van der Waals surface area (Å²) in [4.78, 5) is 26.6. The van der Waals surface area contributed by atoms with Gasteiger partial charge < -0.3 is 15.1 Å². The molecule has 3 heterocycles. The van der Waals surface area contributed by atoms with Crippen LogP contribution in [0.25, 0.3) is 11.0 Å². The average molecular weight is 496 g/mol. The van der Waals surface area contributed by atoms with E-state index >= 15 is 0 Å². The van der Waals surface area contributed by atoms with Gasteiger partial charge in [0.25, 0.3) is 11.7 Å². The van der Waals surface area contributed by atoms with Crippen molar-refractivity contribution in [1.29, 1.82) is 0 Å². The summed E-state index contributed by atoms with van der Waals surface area (Å²) in [6.45, 7) is 2.40. The second-order valence-electron chi connectivity index (χ2n) is 8.06. The molecule has 0 aliphatic carbocycles. The van der Waals surface area contributed by atoms with Gasteiger partial charge in [-0.25, -0.2) is 9.97 Å². The summed E-state index contributed by atoms with van der Waals surface area (Å²) in [5.41, 5.74) is 2.72. The first-order chi connectivity index (χ1) is 17.0. The van der Waals surface area contributed by atoms with Gasteiger partial charge in [0.2, 0.25) is 0 Å². The number of alkyl halides is 2. The van der Waals surface area contributed by atoms with Gasteiger partial charge in [0, 0.05) is 43.8 Å². The minimum atomic E-state index is -2.46. The van der Waals surface area contributed by atoms with E-state index in [1.807, 2.05) is 30.1 Å². The number of nitrogens with one attached hydrogen (secondary N) is 1. The number of benzene rings is 2. The zero-order valence-corrected chi connectivity index (χ0v) is 19.8. The molecule has 2 aromatic heterocycles. The SMILES string of the molecule is Cn1ncc2c(N3CCN(C(=O)c4ccccc4Nc4ccc(SC(F)F)cc4)CC3)ncnc21. The van der Waals surface area contributed by atoms with Crippen molar-refractivity contribution in [2.24, 2.45) is 7.05 Å². The molecular weight excluding hydrogens is 472 g/mol. The molecule has 0 atom stereocenters. The third kappa shape index (κ3) is 4.90. The van der Waals surface area contributed by atoms with Crippen molar-refractivity contribution in [1.82, 2.24) is 24.6 Å². The van der Waals surface area contributed by atoms with Crippen molar-refractivity contribution >= 4 is 45.9 Å². The van der Waals surface area contributed by atoms with E-state index in [1.54, 1.807) is 41.2 Å². The maximum Gasteiger partial charge on any atom is 0.288 e. The van der Waals surface area contributed by atoms with Crippen molar-refractivity contribution in [3.8, 4) is 0 Å². The Kier molecular flexibility index (Phi) is 6.49. The van der Waals surface area contributed by atoms with E-state index in [0.717, 1.165) is 22.5 Å². The summed E-state index contributed by atoms with van der Waals surface area (Å²) in [6.07, 6.45) is 3.31. The van der Waals surface area contributed by atoms with Gasteiger partial charge in [0.05, 0.1) is 22.8 Å². The Labute approximate surface area is 205 Å². The van der Waals surface area contributed by atoms with Crippen LogP contribution in [0.15, 0.2) is 66.0 Å². The quantitative estimate of drug-likeness (QED) is 0.398. The Hall–Kier alpha value is -3.73. The first-order valence-electron chi connectivity index (χ1n) is 11.1. The number of nitrogens with zero attached hydrogens (tertiary/aromatic N) is 6. The van der Waals surface area contributed by atoms with E-state index in [4.69, 9.17) is 0 Å². The Morgan fingerprint density at radius 2 is 1.77 bits per heavy atom. The van der Waals surface area contributed by atoms with Crippen molar-refractivity contribution < 1.29 is 13.6 Å². The Bertz CT molecular complexity index is 1340. The number of hydrogen-bond donors (Lipinski definition) is 1. The van der Waals surface area contributed by atoms with E-state index in [0.29, 0.717) is 54.1 Å². The van der Waals surface area contributed by atoms with Gasteiger partial charge in [0.1, 0.15) is 12.1 Å². The molecule has 0 spiro atoms. The number of carbonyl (C=O) groups is 1. The highest BCUT2D eigenvalue weighted by molar-refractivity contribution is 7.99. The van der Waals surface area contributed by atoms with Crippen molar-refractivity contribution in [3.05, 3.63) is 66.6 Å². The van der Waals surface area contributed by atoms with Crippen LogP contribution in [0.5, 0.6) is 0 Å². The molecule has 1 saturated heterocycles. The van der Waals surface area contributed by atoms with Crippen LogP contribution in [0.3, 0.4) is 0 Å². The molecule has 35 heavy (non-hydrogen) atoms. The fraction of sp³-hybridized carbons (Fsp3) is 0.250. The molecule has 5 rings (SSSR count). The zero-order valence-electron chi connectivity index (χ0n) is 18.9. The van der Waals surface area contributed by atoms with E-state index in [1.165, 1.54) is 6.33 Å². The number of hydrogen-bond acceptors (Lipinski definition) is 7. The first-order valence-corrected chi connectivity index (χ1v) is 12.0. The van der Waals surface area contributed by atoms with Crippen LogP contribution in [0.1, 0.15) is 10.4 Å². The lowest BCUT2D eigenvalue weighted by Gasteiger charge is -2.35. The summed E-state index contributed by atoms with van der Waals surface area (Å²) >= 11 is 0.502. The maximum absolute atomic E-state index is 13.4. The lowest BCUT2D eigenvalue weighted by molar-refractivity contribution is 0.0747. The summed E-state index contributed by atoms with van der Waals surface area (Å²) in [7, 11) is 1.85. The molecule has 1 fully saturated rings. The molecule has 1 aliphatic heterocycles. The molecule has 1 amide bonds. The molecule has 1 N–H and O–H groups in total. The van der Waals surface area contributed by atoms with Crippen molar-refractivity contribution in [3.63, 3.8) is 0 Å². The summed E-state index contributed by atoms with van der Waals surface area (Å²) < 4.78 is 26.9. The third-order valence-corrected chi connectivity index (χ3v) is 6.61. The zero-order chi connectivity index (χ0) is 24.4. The van der Waals surface area contributed by atoms with Crippen LogP contribution in [0.2, 0.25) is 0 Å². The van der Waals surface area contributed by atoms with E-state index in [9.17, 15) is 13.6 Å². The highest BCUT2D eigenvalue weighted by Gasteiger charge is 2.26. The fourth-order valence-corrected chi connectivity index (χ4v) is 4.65. The van der Waals surface area contributed by atoms with Gasteiger partial charge >= 0.3 is 0 Å². The minimum absolute atomic E-state index is 0.0631. The highest BCUT2D eigenvalue weighted by atomic mass is 32.2. The third-order valence-electron chi connectivity index (χ3n) is 5.89. The smallest absolute Gasteiger partial charge is 0.288 e.